The van der Waals surface area contributed by atoms with Crippen molar-refractivity contribution in [3.8, 4) is 0 Å². The first-order valence-electron chi connectivity index (χ1n) is 7.18. The zero-order valence-electron chi connectivity index (χ0n) is 11.5. The number of nitrogens with zero attached hydrogens (tertiary/aromatic N) is 2. The van der Waals surface area contributed by atoms with Crippen molar-refractivity contribution in [2.24, 2.45) is 0 Å². The Morgan fingerprint density at radius 2 is 1.95 bits per heavy atom. The first-order chi connectivity index (χ1) is 9.90. The van der Waals surface area contributed by atoms with Crippen LogP contribution in [0.5, 0.6) is 0 Å². The van der Waals surface area contributed by atoms with Crippen molar-refractivity contribution >= 4 is 17.2 Å². The molecule has 0 amide bonds. The number of aromatic nitrogens is 2. The van der Waals surface area contributed by atoms with Gasteiger partial charge in [-0.2, -0.15) is 0 Å². The molecule has 0 radical (unpaired) electrons. The predicted molar refractivity (Wildman–Crippen MR) is 82.9 cm³/mol. The molecule has 20 heavy (non-hydrogen) atoms. The van der Waals surface area contributed by atoms with Gasteiger partial charge >= 0.3 is 0 Å². The summed E-state index contributed by atoms with van der Waals surface area (Å²) in [5.41, 5.74) is 3.05. The molecule has 0 atom stereocenters. The van der Waals surface area contributed by atoms with Gasteiger partial charge in [-0.05, 0) is 37.8 Å². The van der Waals surface area contributed by atoms with Gasteiger partial charge in [0.25, 0.3) is 0 Å². The van der Waals surface area contributed by atoms with Crippen LogP contribution >= 0.6 is 11.3 Å². The summed E-state index contributed by atoms with van der Waals surface area (Å²) in [5.74, 6) is 0.992. The highest BCUT2D eigenvalue weighted by atomic mass is 32.1. The van der Waals surface area contributed by atoms with Gasteiger partial charge in [0.05, 0.1) is 11.2 Å². The topological polar surface area (TPSA) is 49.8 Å². The molecule has 0 aromatic carbocycles. The van der Waals surface area contributed by atoms with E-state index in [0.717, 1.165) is 18.1 Å². The standard InChI is InChI=1S/C15H20N4S/c1-2-8-16-15(3-1)19-13-6-4-12(5-7-13)17-9-14-10-20-11-18-14/h1-3,8,10-13,17H,4-7,9H2,(H,16,19). The molecule has 0 saturated heterocycles. The molecule has 1 saturated carbocycles. The number of pyridine rings is 1. The lowest BCUT2D eigenvalue weighted by Gasteiger charge is -2.30. The van der Waals surface area contributed by atoms with Crippen LogP contribution < -0.4 is 10.6 Å². The SMILES string of the molecule is c1ccc(NC2CCC(NCc3cscn3)CC2)nc1. The molecule has 2 heterocycles. The first kappa shape index (κ1) is 13.5. The van der Waals surface area contributed by atoms with E-state index in [2.05, 4.69) is 26.0 Å². The van der Waals surface area contributed by atoms with Crippen molar-refractivity contribution in [1.82, 2.24) is 15.3 Å². The van der Waals surface area contributed by atoms with Crippen molar-refractivity contribution in [3.63, 3.8) is 0 Å². The molecule has 2 aromatic rings. The Morgan fingerprint density at radius 3 is 2.65 bits per heavy atom. The highest BCUT2D eigenvalue weighted by Crippen LogP contribution is 2.21. The lowest BCUT2D eigenvalue weighted by atomic mass is 9.91. The molecule has 0 spiro atoms. The fourth-order valence-corrected chi connectivity index (χ4v) is 3.23. The van der Waals surface area contributed by atoms with Crippen LogP contribution in [0.2, 0.25) is 0 Å². The average Bonchev–Trinajstić information content (AvgIpc) is 3.01. The van der Waals surface area contributed by atoms with E-state index in [0.29, 0.717) is 12.1 Å². The summed E-state index contributed by atoms with van der Waals surface area (Å²) in [6.45, 7) is 0.895. The van der Waals surface area contributed by atoms with Gasteiger partial charge in [0, 0.05) is 30.2 Å². The fourth-order valence-electron chi connectivity index (χ4n) is 2.67. The van der Waals surface area contributed by atoms with Crippen molar-refractivity contribution in [1.29, 1.82) is 0 Å². The van der Waals surface area contributed by atoms with Crippen LogP contribution in [0.25, 0.3) is 0 Å². The third-order valence-electron chi connectivity index (χ3n) is 3.80. The van der Waals surface area contributed by atoms with Gasteiger partial charge in [-0.25, -0.2) is 9.97 Å². The van der Waals surface area contributed by atoms with E-state index in [1.807, 2.05) is 29.9 Å². The zero-order chi connectivity index (χ0) is 13.6. The molecule has 0 unspecified atom stereocenters. The number of hydrogen-bond acceptors (Lipinski definition) is 5. The molecule has 1 aliphatic carbocycles. The second-order valence-corrected chi connectivity index (χ2v) is 5.99. The smallest absolute Gasteiger partial charge is 0.126 e. The number of nitrogens with one attached hydrogen (secondary N) is 2. The maximum Gasteiger partial charge on any atom is 0.126 e. The van der Waals surface area contributed by atoms with E-state index in [1.54, 1.807) is 11.3 Å². The van der Waals surface area contributed by atoms with Gasteiger partial charge < -0.3 is 10.6 Å². The largest absolute Gasteiger partial charge is 0.367 e. The molecule has 2 N–H and O–H groups in total. The maximum atomic E-state index is 4.33. The third-order valence-corrected chi connectivity index (χ3v) is 4.43. The molecular formula is C15H20N4S. The second-order valence-electron chi connectivity index (χ2n) is 5.27. The lowest BCUT2D eigenvalue weighted by molar-refractivity contribution is 0.351. The molecule has 0 aliphatic heterocycles. The first-order valence-corrected chi connectivity index (χ1v) is 8.12. The summed E-state index contributed by atoms with van der Waals surface area (Å²) < 4.78 is 0. The van der Waals surface area contributed by atoms with Crippen LogP contribution in [0.1, 0.15) is 31.4 Å². The summed E-state index contributed by atoms with van der Waals surface area (Å²) in [5, 5.41) is 9.24. The molecule has 106 valence electrons. The molecule has 1 aliphatic rings. The predicted octanol–water partition coefficient (Wildman–Crippen LogP) is 3.05. The minimum atomic E-state index is 0.558. The number of anilines is 1. The zero-order valence-corrected chi connectivity index (χ0v) is 12.3. The fraction of sp³-hybridized carbons (Fsp3) is 0.467. The number of hydrogen-bond donors (Lipinski definition) is 2. The van der Waals surface area contributed by atoms with E-state index in [9.17, 15) is 0 Å². The Balaban J connectivity index is 1.40. The lowest BCUT2D eigenvalue weighted by Crippen LogP contribution is -2.36. The van der Waals surface area contributed by atoms with Crippen molar-refractivity contribution in [2.45, 2.75) is 44.3 Å². The maximum absolute atomic E-state index is 4.33. The van der Waals surface area contributed by atoms with Gasteiger partial charge in [-0.15, -0.1) is 11.3 Å². The molecule has 5 heteroatoms. The van der Waals surface area contributed by atoms with Crippen LogP contribution in [0.3, 0.4) is 0 Å². The number of rotatable bonds is 5. The van der Waals surface area contributed by atoms with Crippen molar-refractivity contribution in [3.05, 3.63) is 41.0 Å². The van der Waals surface area contributed by atoms with Crippen LogP contribution in [-0.4, -0.2) is 22.1 Å². The summed E-state index contributed by atoms with van der Waals surface area (Å²) in [6, 6.07) is 7.19. The highest BCUT2D eigenvalue weighted by Gasteiger charge is 2.20. The molecule has 0 bridgehead atoms. The van der Waals surface area contributed by atoms with Gasteiger partial charge in [0.1, 0.15) is 5.82 Å². The summed E-state index contributed by atoms with van der Waals surface area (Å²) in [4.78, 5) is 8.63. The van der Waals surface area contributed by atoms with E-state index in [1.165, 1.54) is 25.7 Å². The Hall–Kier alpha value is -1.46. The average molecular weight is 288 g/mol. The van der Waals surface area contributed by atoms with Gasteiger partial charge in [0.2, 0.25) is 0 Å². The molecule has 4 nitrogen and oxygen atoms in total. The van der Waals surface area contributed by atoms with E-state index < -0.39 is 0 Å². The number of thiazole rings is 1. The van der Waals surface area contributed by atoms with Crippen molar-refractivity contribution in [2.75, 3.05) is 5.32 Å². The van der Waals surface area contributed by atoms with Crippen LogP contribution in [-0.2, 0) is 6.54 Å². The van der Waals surface area contributed by atoms with Gasteiger partial charge in [-0.1, -0.05) is 6.07 Å². The van der Waals surface area contributed by atoms with E-state index in [-0.39, 0.29) is 0 Å². The minimum Gasteiger partial charge on any atom is -0.367 e. The van der Waals surface area contributed by atoms with Crippen LogP contribution in [0.15, 0.2) is 35.3 Å². The van der Waals surface area contributed by atoms with Gasteiger partial charge in [-0.3, -0.25) is 0 Å². The van der Waals surface area contributed by atoms with E-state index in [4.69, 9.17) is 0 Å². The Bertz CT molecular complexity index is 492. The Kier molecular flexibility index (Phi) is 4.61. The summed E-state index contributed by atoms with van der Waals surface area (Å²) >= 11 is 1.66. The highest BCUT2D eigenvalue weighted by molar-refractivity contribution is 7.07. The Morgan fingerprint density at radius 1 is 1.10 bits per heavy atom. The van der Waals surface area contributed by atoms with Gasteiger partial charge in [0.15, 0.2) is 0 Å². The quantitative estimate of drug-likeness (QED) is 0.888. The molecule has 2 aromatic heterocycles. The molecule has 3 rings (SSSR count). The van der Waals surface area contributed by atoms with Crippen LogP contribution in [0, 0.1) is 0 Å². The minimum absolute atomic E-state index is 0.558. The monoisotopic (exact) mass is 288 g/mol. The van der Waals surface area contributed by atoms with Crippen LogP contribution in [0.4, 0.5) is 5.82 Å². The summed E-state index contributed by atoms with van der Waals surface area (Å²) in [7, 11) is 0. The molecular weight excluding hydrogens is 268 g/mol. The normalized spacial score (nSPS) is 22.6. The molecule has 1 fully saturated rings. The summed E-state index contributed by atoms with van der Waals surface area (Å²) in [6.07, 6.45) is 6.67. The Labute approximate surface area is 123 Å². The third kappa shape index (κ3) is 3.77. The van der Waals surface area contributed by atoms with E-state index >= 15 is 0 Å². The van der Waals surface area contributed by atoms with Crippen molar-refractivity contribution < 1.29 is 0 Å². The second kappa shape index (κ2) is 6.81.